The van der Waals surface area contributed by atoms with Crippen LogP contribution in [0.2, 0.25) is 0 Å². The van der Waals surface area contributed by atoms with Crippen molar-refractivity contribution in [2.45, 2.75) is 157 Å². The van der Waals surface area contributed by atoms with Crippen molar-refractivity contribution < 1.29 is 33.0 Å². The predicted octanol–water partition coefficient (Wildman–Crippen LogP) is 13.7. The first-order chi connectivity index (χ1) is 20.6. The van der Waals surface area contributed by atoms with Crippen LogP contribution in [0.15, 0.2) is 48.5 Å². The summed E-state index contributed by atoms with van der Waals surface area (Å²) >= 11 is 0. The van der Waals surface area contributed by atoms with E-state index in [4.69, 9.17) is 13.6 Å². The molecule has 0 N–H and O–H groups in total. The van der Waals surface area contributed by atoms with E-state index in [1.54, 1.807) is 0 Å². The second kappa shape index (κ2) is 16.2. The van der Waals surface area contributed by atoms with Gasteiger partial charge in [0.25, 0.3) is 0 Å². The number of rotatable bonds is 6. The molecule has 0 aliphatic heterocycles. The number of hydrogen-bond donors (Lipinski definition) is 0. The Bertz CT molecular complexity index is 1330. The van der Waals surface area contributed by atoms with E-state index in [1.165, 1.54) is 16.7 Å². The van der Waals surface area contributed by atoms with Gasteiger partial charge in [0.1, 0.15) is 0 Å². The maximum absolute atomic E-state index is 6.92. The molecule has 0 aromatic heterocycles. The van der Waals surface area contributed by atoms with Crippen molar-refractivity contribution in [1.82, 2.24) is 0 Å². The molecule has 0 bridgehead atoms. The largest absolute Gasteiger partial charge is 3.00 e. The molecule has 0 atom stereocenters. The molecule has 3 nitrogen and oxygen atoms in total. The summed E-state index contributed by atoms with van der Waals surface area (Å²) in [5.41, 5.74) is 6.68. The minimum absolute atomic E-state index is 0. The monoisotopic (exact) mass is 779 g/mol. The fourth-order valence-electron chi connectivity index (χ4n) is 5.23. The maximum Gasteiger partial charge on any atom is 3.00 e. The predicted molar refractivity (Wildman–Crippen MR) is 213 cm³/mol. The standard InChI is InChI=1S/C42H63O3P.2CH3.Rh/c1-37(2,3)28-19-22-34(31(25-28)40(10,11)12)43-46(44-35-23-20-29(38(4,5)6)26-32(35)41(13,14)15)45-36-24-21-30(39(7,8)9)27-33(36)42(16,17)18;;;/h19-23,25-27,46H,1-18H3;2*1H3;/q;2*-1;+3. The quantitative estimate of drug-likeness (QED) is 0.142. The van der Waals surface area contributed by atoms with Crippen LogP contribution in [0.4, 0.5) is 0 Å². The molecule has 0 fully saturated rings. The Morgan fingerprint density at radius 1 is 0.429 bits per heavy atom. The van der Waals surface area contributed by atoms with Gasteiger partial charge in [-0.1, -0.05) is 160 Å². The molecule has 276 valence electrons. The maximum atomic E-state index is 6.92. The summed E-state index contributed by atoms with van der Waals surface area (Å²) in [6.45, 7) is 40.2. The first-order valence-corrected chi connectivity index (χ1v) is 18.1. The van der Waals surface area contributed by atoms with Crippen molar-refractivity contribution in [2.24, 2.45) is 0 Å². The second-order valence-electron chi connectivity index (χ2n) is 19.1. The molecule has 0 saturated heterocycles. The molecule has 0 saturated carbocycles. The third-order valence-electron chi connectivity index (χ3n) is 8.46. The molecule has 0 spiro atoms. The molecule has 49 heavy (non-hydrogen) atoms. The molecular weight excluding hydrogens is 710 g/mol. The van der Waals surface area contributed by atoms with Crippen molar-refractivity contribution in [3.05, 3.63) is 103 Å². The average molecular weight is 780 g/mol. The van der Waals surface area contributed by atoms with Crippen LogP contribution < -0.4 is 13.6 Å². The van der Waals surface area contributed by atoms with E-state index >= 15 is 0 Å². The van der Waals surface area contributed by atoms with Gasteiger partial charge in [-0.25, -0.2) is 0 Å². The van der Waals surface area contributed by atoms with Gasteiger partial charge >= 0.3 is 28.1 Å². The van der Waals surface area contributed by atoms with Crippen LogP contribution in [0.5, 0.6) is 17.2 Å². The molecule has 0 radical (unpaired) electrons. The third-order valence-corrected chi connectivity index (χ3v) is 9.60. The van der Waals surface area contributed by atoms with Gasteiger partial charge in [0.05, 0.1) is 5.75 Å². The van der Waals surface area contributed by atoms with Crippen LogP contribution in [0.1, 0.15) is 158 Å². The van der Waals surface area contributed by atoms with Gasteiger partial charge in [-0.15, -0.1) is 11.6 Å². The number of benzene rings is 3. The molecule has 0 amide bonds. The Morgan fingerprint density at radius 3 is 1.06 bits per heavy atom. The summed E-state index contributed by atoms with van der Waals surface area (Å²) in [6.07, 6.45) is 0. The average Bonchev–Trinajstić information content (AvgIpc) is 2.85. The smallest absolute Gasteiger partial charge is 0.358 e. The van der Waals surface area contributed by atoms with Gasteiger partial charge in [0.2, 0.25) is 0 Å². The SMILES string of the molecule is CC(C)(C)c1c[c-]c(O[PH+](Oc2ccc(C(C)(C)C)cc2C(C)(C)C)Oc2ccc(C(C)(C)C)cc2C(C)(C)C)c(C(C)(C)C)c1.[CH3-].[CH3-].[Rh+3]. The second-order valence-corrected chi connectivity index (χ2v) is 20.2. The molecule has 5 heteroatoms. The van der Waals surface area contributed by atoms with Gasteiger partial charge in [-0.2, -0.15) is 17.7 Å². The molecular formula is C44H69O3PRh+. The van der Waals surface area contributed by atoms with Crippen LogP contribution in [-0.2, 0) is 52.0 Å². The van der Waals surface area contributed by atoms with Crippen LogP contribution in [0.3, 0.4) is 0 Å². The Morgan fingerprint density at radius 2 is 0.755 bits per heavy atom. The van der Waals surface area contributed by atoms with Crippen LogP contribution in [-0.4, -0.2) is 0 Å². The van der Waals surface area contributed by atoms with E-state index < -0.39 is 8.60 Å². The molecule has 0 heterocycles. The van der Waals surface area contributed by atoms with Crippen molar-refractivity contribution >= 4 is 8.60 Å². The van der Waals surface area contributed by atoms with Crippen molar-refractivity contribution in [1.29, 1.82) is 0 Å². The molecule has 0 unspecified atom stereocenters. The molecule has 3 aromatic rings. The summed E-state index contributed by atoms with van der Waals surface area (Å²) in [4.78, 5) is 0. The van der Waals surface area contributed by atoms with E-state index in [-0.39, 0.29) is 66.8 Å². The van der Waals surface area contributed by atoms with Crippen LogP contribution in [0.25, 0.3) is 0 Å². The molecule has 0 aliphatic carbocycles. The van der Waals surface area contributed by atoms with Crippen molar-refractivity contribution in [2.75, 3.05) is 0 Å². The van der Waals surface area contributed by atoms with Crippen molar-refractivity contribution in [3.63, 3.8) is 0 Å². The van der Waals surface area contributed by atoms with E-state index in [0.717, 1.165) is 28.2 Å². The van der Waals surface area contributed by atoms with E-state index in [1.807, 2.05) is 0 Å². The summed E-state index contributed by atoms with van der Waals surface area (Å²) in [7, 11) is -2.42. The Hall–Kier alpha value is -1.89. The van der Waals surface area contributed by atoms with Crippen molar-refractivity contribution in [3.8, 4) is 17.2 Å². The molecule has 3 aromatic carbocycles. The van der Waals surface area contributed by atoms with Crippen LogP contribution in [0, 0.1) is 20.9 Å². The van der Waals surface area contributed by atoms with Gasteiger partial charge in [-0.3, -0.25) is 13.6 Å². The number of hydrogen-bond acceptors (Lipinski definition) is 3. The molecule has 0 aliphatic rings. The van der Waals surface area contributed by atoms with E-state index in [0.29, 0.717) is 5.75 Å². The fraction of sp³-hybridized carbons (Fsp3) is 0.545. The Balaban J connectivity index is 0.00000768. The fourth-order valence-corrected chi connectivity index (χ4v) is 6.40. The Labute approximate surface area is 317 Å². The van der Waals surface area contributed by atoms with E-state index in [2.05, 4.69) is 179 Å². The van der Waals surface area contributed by atoms with Crippen LogP contribution >= 0.6 is 8.60 Å². The zero-order chi connectivity index (χ0) is 35.3. The topological polar surface area (TPSA) is 27.7 Å². The normalized spacial score (nSPS) is 12.8. The van der Waals surface area contributed by atoms with Gasteiger partial charge < -0.3 is 14.9 Å². The summed E-state index contributed by atoms with van der Waals surface area (Å²) in [5, 5.41) is 0. The van der Waals surface area contributed by atoms with E-state index in [9.17, 15) is 0 Å². The molecule has 3 rings (SSSR count). The first kappa shape index (κ1) is 47.1. The zero-order valence-corrected chi connectivity index (χ0v) is 37.3. The zero-order valence-electron chi connectivity index (χ0n) is 34.7. The summed E-state index contributed by atoms with van der Waals surface area (Å²) in [5.74, 6) is 2.27. The summed E-state index contributed by atoms with van der Waals surface area (Å²) in [6, 6.07) is 21.0. The van der Waals surface area contributed by atoms with Gasteiger partial charge in [-0.05, 0) is 44.9 Å². The Kier molecular flexibility index (Phi) is 15.6. The van der Waals surface area contributed by atoms with Gasteiger partial charge in [0.15, 0.2) is 11.5 Å². The minimum atomic E-state index is -2.42. The first-order valence-electron chi connectivity index (χ1n) is 16.9. The minimum Gasteiger partial charge on any atom is -0.358 e. The third kappa shape index (κ3) is 12.4. The van der Waals surface area contributed by atoms with Gasteiger partial charge in [0, 0.05) is 11.1 Å². The summed E-state index contributed by atoms with van der Waals surface area (Å²) < 4.78 is 20.7.